The standard InChI is InChI=1S/C51H99NO4/c1-5-9-13-17-21-27-35-48(36-28-22-18-14-10-6-2)55-50(47-41-42-47)39-31-25-33-43-52(45-46-53)44-34-26-32-40-51(54)56-49(37-29-23-19-15-11-7-3)38-30-24-20-16-12-8-4/h48-49,53H,5-46H2,1-4H3. The summed E-state index contributed by atoms with van der Waals surface area (Å²) in [6.07, 6.45) is 47.5. The second kappa shape index (κ2) is 40.7. The van der Waals surface area contributed by atoms with Gasteiger partial charge in [0.1, 0.15) is 6.10 Å². The lowest BCUT2D eigenvalue weighted by molar-refractivity contribution is -0.150. The van der Waals surface area contributed by atoms with Gasteiger partial charge in [0.15, 0.2) is 0 Å². The molecule has 0 aromatic rings. The third kappa shape index (κ3) is 33.9. The van der Waals surface area contributed by atoms with Gasteiger partial charge in [0.25, 0.3) is 0 Å². The molecule has 1 saturated carbocycles. The van der Waals surface area contributed by atoms with Gasteiger partial charge in [-0.25, -0.2) is 0 Å². The number of rotatable bonds is 45. The minimum atomic E-state index is 0.0137. The molecule has 0 amide bonds. The van der Waals surface area contributed by atoms with Gasteiger partial charge in [-0.2, -0.15) is 0 Å². The fraction of sp³-hybridized carbons (Fsp3) is 0.941. The van der Waals surface area contributed by atoms with Crippen molar-refractivity contribution in [1.29, 1.82) is 0 Å². The number of carbonyl (C=O) groups excluding carboxylic acids is 1. The summed E-state index contributed by atoms with van der Waals surface area (Å²) in [6, 6.07) is 0. The molecule has 0 atom stereocenters. The van der Waals surface area contributed by atoms with E-state index in [1.807, 2.05) is 0 Å². The number of carbonyl (C=O) groups is 1. The summed E-state index contributed by atoms with van der Waals surface area (Å²) < 4.78 is 13.0. The first-order chi connectivity index (χ1) is 27.6. The maximum absolute atomic E-state index is 12.9. The first-order valence-corrected chi connectivity index (χ1v) is 25.5. The number of allylic oxidation sites excluding steroid dienone is 2. The molecule has 0 aromatic carbocycles. The SMILES string of the molecule is CCCCCCCCC(CCCCCCCC)OC(=O)CCCCCN(CCO)CCCCCC(OC(CCCCCCCC)CCCCCCCC)=C1CC1. The Hall–Kier alpha value is -1.07. The number of ether oxygens (including phenoxy) is 2. The zero-order valence-electron chi connectivity index (χ0n) is 38.5. The van der Waals surface area contributed by atoms with Gasteiger partial charge in [-0.15, -0.1) is 0 Å². The molecule has 1 aliphatic carbocycles. The highest BCUT2D eigenvalue weighted by molar-refractivity contribution is 5.69. The summed E-state index contributed by atoms with van der Waals surface area (Å²) in [4.78, 5) is 15.3. The van der Waals surface area contributed by atoms with Gasteiger partial charge in [-0.3, -0.25) is 4.79 Å². The highest BCUT2D eigenvalue weighted by Crippen LogP contribution is 2.36. The van der Waals surface area contributed by atoms with Crippen LogP contribution in [-0.2, 0) is 14.3 Å². The van der Waals surface area contributed by atoms with E-state index in [1.165, 1.54) is 205 Å². The van der Waals surface area contributed by atoms with Crippen LogP contribution in [0.25, 0.3) is 0 Å². The van der Waals surface area contributed by atoms with Gasteiger partial charge in [0.2, 0.25) is 0 Å². The zero-order chi connectivity index (χ0) is 40.6. The average molecular weight is 790 g/mol. The van der Waals surface area contributed by atoms with E-state index in [2.05, 4.69) is 32.6 Å². The van der Waals surface area contributed by atoms with E-state index in [0.29, 0.717) is 12.5 Å². The quantitative estimate of drug-likeness (QED) is 0.0378. The second-order valence-corrected chi connectivity index (χ2v) is 17.8. The molecule has 1 rings (SSSR count). The maximum Gasteiger partial charge on any atom is 0.306 e. The topological polar surface area (TPSA) is 59.0 Å². The molecule has 1 fully saturated rings. The van der Waals surface area contributed by atoms with E-state index < -0.39 is 0 Å². The number of unbranched alkanes of at least 4 members (excludes halogenated alkanes) is 24. The molecule has 0 radical (unpaired) electrons. The lowest BCUT2D eigenvalue weighted by Gasteiger charge is -2.23. The van der Waals surface area contributed by atoms with Crippen molar-refractivity contribution in [2.45, 2.75) is 284 Å². The highest BCUT2D eigenvalue weighted by atomic mass is 16.5. The first kappa shape index (κ1) is 52.9. The van der Waals surface area contributed by atoms with Crippen LogP contribution in [-0.4, -0.2) is 54.4 Å². The Morgan fingerprint density at radius 3 is 1.21 bits per heavy atom. The van der Waals surface area contributed by atoms with Crippen LogP contribution in [0.4, 0.5) is 0 Å². The van der Waals surface area contributed by atoms with E-state index in [9.17, 15) is 9.90 Å². The second-order valence-electron chi connectivity index (χ2n) is 17.8. The summed E-state index contributed by atoms with van der Waals surface area (Å²) in [5, 5.41) is 9.76. The molecular weight excluding hydrogens is 691 g/mol. The van der Waals surface area contributed by atoms with Gasteiger partial charge < -0.3 is 19.5 Å². The van der Waals surface area contributed by atoms with Crippen molar-refractivity contribution in [3.8, 4) is 0 Å². The van der Waals surface area contributed by atoms with Crippen molar-refractivity contribution >= 4 is 5.97 Å². The third-order valence-electron chi connectivity index (χ3n) is 12.2. The van der Waals surface area contributed by atoms with Gasteiger partial charge >= 0.3 is 5.97 Å². The van der Waals surface area contributed by atoms with Gasteiger partial charge in [-0.05, 0) is 109 Å². The van der Waals surface area contributed by atoms with Crippen LogP contribution in [0.15, 0.2) is 11.3 Å². The minimum Gasteiger partial charge on any atom is -0.495 e. The molecule has 332 valence electrons. The Morgan fingerprint density at radius 2 is 0.821 bits per heavy atom. The number of nitrogens with zero attached hydrogens (tertiary/aromatic N) is 1. The molecule has 1 aliphatic rings. The van der Waals surface area contributed by atoms with Crippen LogP contribution in [0.1, 0.15) is 272 Å². The molecule has 0 heterocycles. The van der Waals surface area contributed by atoms with Gasteiger partial charge in [-0.1, -0.05) is 169 Å². The van der Waals surface area contributed by atoms with E-state index in [0.717, 1.165) is 58.2 Å². The summed E-state index contributed by atoms with van der Waals surface area (Å²) in [6.45, 7) is 12.2. The number of aliphatic hydroxyl groups is 1. The molecule has 0 saturated heterocycles. The van der Waals surface area contributed by atoms with Crippen LogP contribution < -0.4 is 0 Å². The van der Waals surface area contributed by atoms with Crippen molar-refractivity contribution in [1.82, 2.24) is 4.90 Å². The van der Waals surface area contributed by atoms with Crippen LogP contribution >= 0.6 is 0 Å². The summed E-state index contributed by atoms with van der Waals surface area (Å²) >= 11 is 0. The van der Waals surface area contributed by atoms with Crippen molar-refractivity contribution in [2.24, 2.45) is 0 Å². The Labute approximate surface area is 350 Å². The van der Waals surface area contributed by atoms with Gasteiger partial charge in [0, 0.05) is 19.4 Å². The van der Waals surface area contributed by atoms with E-state index in [4.69, 9.17) is 9.47 Å². The smallest absolute Gasteiger partial charge is 0.306 e. The largest absolute Gasteiger partial charge is 0.495 e. The fourth-order valence-electron chi connectivity index (χ4n) is 8.30. The highest BCUT2D eigenvalue weighted by Gasteiger charge is 2.22. The van der Waals surface area contributed by atoms with E-state index >= 15 is 0 Å². The van der Waals surface area contributed by atoms with E-state index in [1.54, 1.807) is 5.57 Å². The Morgan fingerprint density at radius 1 is 0.464 bits per heavy atom. The zero-order valence-corrected chi connectivity index (χ0v) is 38.5. The Kier molecular flexibility index (Phi) is 38.5. The molecular formula is C51H99NO4. The molecule has 1 N–H and O–H groups in total. The molecule has 5 heteroatoms. The van der Waals surface area contributed by atoms with Crippen molar-refractivity contribution in [3.05, 3.63) is 11.3 Å². The molecule has 56 heavy (non-hydrogen) atoms. The first-order valence-electron chi connectivity index (χ1n) is 25.5. The summed E-state index contributed by atoms with van der Waals surface area (Å²) in [5.74, 6) is 1.37. The number of hydrogen-bond acceptors (Lipinski definition) is 5. The summed E-state index contributed by atoms with van der Waals surface area (Å²) in [5.41, 5.74) is 1.60. The van der Waals surface area contributed by atoms with Crippen LogP contribution in [0.5, 0.6) is 0 Å². The molecule has 5 nitrogen and oxygen atoms in total. The molecule has 0 unspecified atom stereocenters. The average Bonchev–Trinajstić information content (AvgIpc) is 4.05. The minimum absolute atomic E-state index is 0.0137. The lowest BCUT2D eigenvalue weighted by atomic mass is 10.0. The molecule has 0 bridgehead atoms. The van der Waals surface area contributed by atoms with Crippen LogP contribution in [0, 0.1) is 0 Å². The van der Waals surface area contributed by atoms with Crippen LogP contribution in [0.2, 0.25) is 0 Å². The lowest BCUT2D eigenvalue weighted by Crippen LogP contribution is -2.29. The van der Waals surface area contributed by atoms with Crippen LogP contribution in [0.3, 0.4) is 0 Å². The van der Waals surface area contributed by atoms with Crippen molar-refractivity contribution in [3.63, 3.8) is 0 Å². The number of hydrogen-bond donors (Lipinski definition) is 1. The maximum atomic E-state index is 12.9. The Bertz CT molecular complexity index is 836. The summed E-state index contributed by atoms with van der Waals surface area (Å²) in [7, 11) is 0. The fourth-order valence-corrected chi connectivity index (χ4v) is 8.30. The Balaban J connectivity index is 2.38. The molecule has 0 spiro atoms. The van der Waals surface area contributed by atoms with Crippen molar-refractivity contribution < 1.29 is 19.4 Å². The normalized spacial score (nSPS) is 12.8. The van der Waals surface area contributed by atoms with Crippen molar-refractivity contribution in [2.75, 3.05) is 26.2 Å². The molecule has 0 aromatic heterocycles. The third-order valence-corrected chi connectivity index (χ3v) is 12.2. The monoisotopic (exact) mass is 790 g/mol. The van der Waals surface area contributed by atoms with E-state index in [-0.39, 0.29) is 18.7 Å². The number of esters is 1. The predicted octanol–water partition coefficient (Wildman–Crippen LogP) is 15.7. The van der Waals surface area contributed by atoms with Gasteiger partial charge in [0.05, 0.1) is 18.5 Å². The predicted molar refractivity (Wildman–Crippen MR) is 243 cm³/mol. The molecule has 0 aliphatic heterocycles. The number of aliphatic hydroxyl groups excluding tert-OH is 1.